The van der Waals surface area contributed by atoms with Gasteiger partial charge in [-0.15, -0.1) is 0 Å². The number of aliphatic hydroxyl groups is 1. The quantitative estimate of drug-likeness (QED) is 0.788. The zero-order chi connectivity index (χ0) is 14.3. The van der Waals surface area contributed by atoms with Gasteiger partial charge in [0.1, 0.15) is 5.56 Å². The van der Waals surface area contributed by atoms with Crippen LogP contribution in [0.2, 0.25) is 0 Å². The Balaban J connectivity index is 1.84. The zero-order valence-electron chi connectivity index (χ0n) is 11.3. The molecule has 0 saturated carbocycles. The van der Waals surface area contributed by atoms with Crippen LogP contribution < -0.4 is 5.56 Å². The number of rotatable bonds is 2. The number of carbonyl (C=O) groups excluding carboxylic acids is 1. The third-order valence-corrected chi connectivity index (χ3v) is 4.95. The van der Waals surface area contributed by atoms with Gasteiger partial charge in [-0.3, -0.25) is 14.2 Å². The summed E-state index contributed by atoms with van der Waals surface area (Å²) < 4.78 is 1.57. The lowest BCUT2D eigenvalue weighted by Gasteiger charge is -2.17. The van der Waals surface area contributed by atoms with Crippen LogP contribution in [-0.4, -0.2) is 50.4 Å². The summed E-state index contributed by atoms with van der Waals surface area (Å²) in [5, 5.41) is 10.3. The molecule has 1 aromatic rings. The molecule has 7 heteroatoms. The lowest BCUT2D eigenvalue weighted by molar-refractivity contribution is 0.0759. The number of hydrogen-bond acceptors (Lipinski definition) is 5. The van der Waals surface area contributed by atoms with E-state index >= 15 is 0 Å². The van der Waals surface area contributed by atoms with E-state index in [1.165, 1.54) is 18.0 Å². The molecule has 1 amide bonds. The molecule has 3 heterocycles. The summed E-state index contributed by atoms with van der Waals surface area (Å²) in [6.45, 7) is 3.45. The molecule has 3 rings (SSSR count). The monoisotopic (exact) mass is 295 g/mol. The fourth-order valence-corrected chi connectivity index (χ4v) is 3.61. The Morgan fingerprint density at radius 3 is 3.05 bits per heavy atom. The van der Waals surface area contributed by atoms with Crippen molar-refractivity contribution in [2.45, 2.75) is 31.1 Å². The van der Waals surface area contributed by atoms with E-state index in [0.29, 0.717) is 24.8 Å². The lowest BCUT2D eigenvalue weighted by Crippen LogP contribution is -2.36. The number of amides is 1. The van der Waals surface area contributed by atoms with Crippen molar-refractivity contribution in [2.24, 2.45) is 5.92 Å². The molecule has 2 aliphatic heterocycles. The van der Waals surface area contributed by atoms with Gasteiger partial charge in [-0.25, -0.2) is 4.98 Å². The van der Waals surface area contributed by atoms with Gasteiger partial charge in [0.15, 0.2) is 5.16 Å². The molecule has 0 aromatic carbocycles. The number of likely N-dealkylation sites (tertiary alicyclic amines) is 1. The maximum absolute atomic E-state index is 12.4. The number of aliphatic hydroxyl groups excluding tert-OH is 1. The number of aromatic nitrogens is 2. The van der Waals surface area contributed by atoms with Crippen molar-refractivity contribution in [3.8, 4) is 0 Å². The summed E-state index contributed by atoms with van der Waals surface area (Å²) in [7, 11) is 0. The topological polar surface area (TPSA) is 75.4 Å². The van der Waals surface area contributed by atoms with Gasteiger partial charge in [-0.1, -0.05) is 11.8 Å². The lowest BCUT2D eigenvalue weighted by atomic mass is 10.0. The molecule has 2 unspecified atom stereocenters. The summed E-state index contributed by atoms with van der Waals surface area (Å²) in [5.74, 6) is 0.658. The van der Waals surface area contributed by atoms with Crippen LogP contribution in [0.3, 0.4) is 0 Å². The van der Waals surface area contributed by atoms with Gasteiger partial charge in [0.05, 0.1) is 6.10 Å². The first-order chi connectivity index (χ1) is 9.58. The third kappa shape index (κ3) is 2.25. The molecule has 1 fully saturated rings. The van der Waals surface area contributed by atoms with E-state index in [-0.39, 0.29) is 22.9 Å². The molecule has 6 nitrogen and oxygen atoms in total. The molecule has 2 atom stereocenters. The Kier molecular flexibility index (Phi) is 3.55. The first kappa shape index (κ1) is 13.6. The Morgan fingerprint density at radius 2 is 2.35 bits per heavy atom. The number of fused-ring (bicyclic) bond motifs is 1. The van der Waals surface area contributed by atoms with E-state index in [4.69, 9.17) is 0 Å². The normalized spacial score (nSPS) is 22.9. The molecule has 108 valence electrons. The van der Waals surface area contributed by atoms with Crippen LogP contribution >= 0.6 is 11.8 Å². The standard InChI is InChI=1S/C13H17N3O3S/c1-8(17)9-2-3-15(7-9)11(18)10-6-14-13-16(12(10)19)4-5-20-13/h6,8-9,17H,2-5,7H2,1H3. The maximum atomic E-state index is 12.4. The summed E-state index contributed by atoms with van der Waals surface area (Å²) in [5.41, 5.74) is -0.104. The van der Waals surface area contributed by atoms with Crippen LogP contribution in [0.25, 0.3) is 0 Å². The van der Waals surface area contributed by atoms with E-state index < -0.39 is 6.10 Å². The highest BCUT2D eigenvalue weighted by atomic mass is 32.2. The van der Waals surface area contributed by atoms with E-state index in [1.54, 1.807) is 16.4 Å². The van der Waals surface area contributed by atoms with Crippen molar-refractivity contribution in [3.63, 3.8) is 0 Å². The Morgan fingerprint density at radius 1 is 1.55 bits per heavy atom. The fourth-order valence-electron chi connectivity index (χ4n) is 2.70. The SMILES string of the molecule is CC(O)C1CCN(C(=O)c2cnc3n(c2=O)CCS3)C1. The Hall–Kier alpha value is -1.34. The molecule has 2 aliphatic rings. The van der Waals surface area contributed by atoms with E-state index in [0.717, 1.165) is 12.2 Å². The van der Waals surface area contributed by atoms with Crippen LogP contribution in [0, 0.1) is 5.92 Å². The summed E-state index contributed by atoms with van der Waals surface area (Å²) >= 11 is 1.53. The second-order valence-corrected chi connectivity index (χ2v) is 6.36. The minimum absolute atomic E-state index is 0.0969. The second-order valence-electron chi connectivity index (χ2n) is 5.30. The van der Waals surface area contributed by atoms with Crippen molar-refractivity contribution >= 4 is 17.7 Å². The smallest absolute Gasteiger partial charge is 0.267 e. The number of hydrogen-bond donors (Lipinski definition) is 1. The zero-order valence-corrected chi connectivity index (χ0v) is 12.1. The molecule has 1 N–H and O–H groups in total. The maximum Gasteiger partial charge on any atom is 0.267 e. The number of thioether (sulfide) groups is 1. The summed E-state index contributed by atoms with van der Waals surface area (Å²) in [6, 6.07) is 0. The van der Waals surface area contributed by atoms with Crippen LogP contribution in [0.15, 0.2) is 16.1 Å². The van der Waals surface area contributed by atoms with E-state index in [9.17, 15) is 14.7 Å². The van der Waals surface area contributed by atoms with E-state index in [2.05, 4.69) is 4.98 Å². The first-order valence-corrected chi connectivity index (χ1v) is 7.76. The average molecular weight is 295 g/mol. The van der Waals surface area contributed by atoms with Crippen LogP contribution in [0.1, 0.15) is 23.7 Å². The van der Waals surface area contributed by atoms with Crippen LogP contribution in [-0.2, 0) is 6.54 Å². The molecule has 1 saturated heterocycles. The average Bonchev–Trinajstić information content (AvgIpc) is 3.08. The van der Waals surface area contributed by atoms with Gasteiger partial charge in [0, 0.05) is 37.5 Å². The molecule has 0 bridgehead atoms. The third-order valence-electron chi connectivity index (χ3n) is 3.98. The predicted molar refractivity (Wildman–Crippen MR) is 74.9 cm³/mol. The van der Waals surface area contributed by atoms with Gasteiger partial charge in [0.25, 0.3) is 11.5 Å². The van der Waals surface area contributed by atoms with Gasteiger partial charge >= 0.3 is 0 Å². The molecule has 0 radical (unpaired) electrons. The first-order valence-electron chi connectivity index (χ1n) is 6.78. The predicted octanol–water partition coefficient (Wildman–Crippen LogP) is 0.192. The number of nitrogens with zero attached hydrogens (tertiary/aromatic N) is 3. The van der Waals surface area contributed by atoms with Crippen molar-refractivity contribution in [1.82, 2.24) is 14.5 Å². The van der Waals surface area contributed by atoms with Gasteiger partial charge in [-0.2, -0.15) is 0 Å². The molecule has 0 spiro atoms. The second kappa shape index (κ2) is 5.21. The fraction of sp³-hybridized carbons (Fsp3) is 0.615. The molecule has 1 aromatic heterocycles. The molecule has 0 aliphatic carbocycles. The summed E-state index contributed by atoms with van der Waals surface area (Å²) in [4.78, 5) is 30.5. The summed E-state index contributed by atoms with van der Waals surface area (Å²) in [6.07, 6.45) is 1.74. The molecular formula is C13H17N3O3S. The molecule has 20 heavy (non-hydrogen) atoms. The minimum atomic E-state index is -0.427. The Bertz CT molecular complexity index is 599. The molecular weight excluding hydrogens is 278 g/mol. The highest BCUT2D eigenvalue weighted by molar-refractivity contribution is 7.99. The van der Waals surface area contributed by atoms with Crippen molar-refractivity contribution in [1.29, 1.82) is 0 Å². The minimum Gasteiger partial charge on any atom is -0.393 e. The van der Waals surface area contributed by atoms with Gasteiger partial charge < -0.3 is 10.0 Å². The van der Waals surface area contributed by atoms with Crippen molar-refractivity contribution in [2.75, 3.05) is 18.8 Å². The highest BCUT2D eigenvalue weighted by Crippen LogP contribution is 2.23. The van der Waals surface area contributed by atoms with Crippen LogP contribution in [0.5, 0.6) is 0 Å². The largest absolute Gasteiger partial charge is 0.393 e. The van der Waals surface area contributed by atoms with Crippen molar-refractivity contribution in [3.05, 3.63) is 22.1 Å². The highest BCUT2D eigenvalue weighted by Gasteiger charge is 2.31. The Labute approximate surface area is 120 Å². The van der Waals surface area contributed by atoms with E-state index in [1.807, 2.05) is 0 Å². The number of carbonyl (C=O) groups is 1. The van der Waals surface area contributed by atoms with Gasteiger partial charge in [-0.05, 0) is 13.3 Å². The van der Waals surface area contributed by atoms with Crippen LogP contribution in [0.4, 0.5) is 0 Å². The van der Waals surface area contributed by atoms with Crippen molar-refractivity contribution < 1.29 is 9.90 Å². The van der Waals surface area contributed by atoms with Gasteiger partial charge in [0.2, 0.25) is 0 Å².